The number of carbonyl (C=O) groups is 1. The SMILES string of the molecule is O=C(CCn1cc(Cl)cn1)N1CC[C@](O)(c2ccccc2)[C@H](N2CCOCC2)C1. The minimum atomic E-state index is -0.981. The molecule has 0 spiro atoms. The Balaban J connectivity index is 1.49. The number of aryl methyl sites for hydroxylation is 1. The van der Waals surface area contributed by atoms with Crippen molar-refractivity contribution < 1.29 is 14.6 Å². The summed E-state index contributed by atoms with van der Waals surface area (Å²) in [5.41, 5.74) is -0.0694. The third-order valence-electron chi connectivity index (χ3n) is 5.98. The first-order valence-corrected chi connectivity index (χ1v) is 10.5. The number of aromatic nitrogens is 2. The zero-order chi connectivity index (χ0) is 20.3. The third kappa shape index (κ3) is 4.48. The van der Waals surface area contributed by atoms with E-state index in [1.165, 1.54) is 0 Å². The van der Waals surface area contributed by atoms with Crippen LogP contribution in [0.5, 0.6) is 0 Å². The van der Waals surface area contributed by atoms with Crippen LogP contribution in [-0.4, -0.2) is 76.0 Å². The smallest absolute Gasteiger partial charge is 0.224 e. The molecule has 2 fully saturated rings. The summed E-state index contributed by atoms with van der Waals surface area (Å²) in [6.07, 6.45) is 4.16. The second kappa shape index (κ2) is 8.83. The average molecular weight is 419 g/mol. The molecule has 2 aliphatic rings. The van der Waals surface area contributed by atoms with Crippen LogP contribution in [0.25, 0.3) is 0 Å². The minimum Gasteiger partial charge on any atom is -0.383 e. The number of hydrogen-bond donors (Lipinski definition) is 1. The number of carbonyl (C=O) groups excluding carboxylic acids is 1. The number of aliphatic hydroxyl groups is 1. The molecule has 1 aromatic heterocycles. The van der Waals surface area contributed by atoms with Crippen LogP contribution in [0.1, 0.15) is 18.4 Å². The van der Waals surface area contributed by atoms with Crippen LogP contribution in [-0.2, 0) is 21.7 Å². The van der Waals surface area contributed by atoms with Gasteiger partial charge in [0.05, 0.1) is 30.5 Å². The predicted molar refractivity (Wildman–Crippen MR) is 110 cm³/mol. The van der Waals surface area contributed by atoms with Crippen molar-refractivity contribution in [2.24, 2.45) is 0 Å². The standard InChI is InChI=1S/C21H27ClN4O3/c22-18-14-23-26(15-18)8-6-20(27)25-9-7-21(28,17-4-2-1-3-5-17)19(16-25)24-10-12-29-13-11-24/h1-5,14-15,19,28H,6-13,16H2/t19-,21+/m1/s1. The first-order valence-electron chi connectivity index (χ1n) is 10.1. The van der Waals surface area contributed by atoms with Gasteiger partial charge in [-0.1, -0.05) is 41.9 Å². The quantitative estimate of drug-likeness (QED) is 0.801. The highest BCUT2D eigenvalue weighted by Crippen LogP contribution is 2.36. The predicted octanol–water partition coefficient (Wildman–Crippen LogP) is 1.75. The number of halogens is 1. The van der Waals surface area contributed by atoms with Crippen molar-refractivity contribution in [2.45, 2.75) is 31.0 Å². The summed E-state index contributed by atoms with van der Waals surface area (Å²) in [5, 5.41) is 16.4. The third-order valence-corrected chi connectivity index (χ3v) is 6.17. The van der Waals surface area contributed by atoms with Gasteiger partial charge in [-0.3, -0.25) is 14.4 Å². The van der Waals surface area contributed by atoms with Crippen LogP contribution < -0.4 is 0 Å². The van der Waals surface area contributed by atoms with E-state index in [1.54, 1.807) is 17.1 Å². The molecule has 29 heavy (non-hydrogen) atoms. The number of nitrogens with zero attached hydrogens (tertiary/aromatic N) is 4. The van der Waals surface area contributed by atoms with Gasteiger partial charge in [-0.05, 0) is 12.0 Å². The minimum absolute atomic E-state index is 0.0741. The molecule has 8 heteroatoms. The molecule has 0 aliphatic carbocycles. The maximum absolute atomic E-state index is 12.9. The lowest BCUT2D eigenvalue weighted by molar-refractivity contribution is -0.148. The fourth-order valence-corrected chi connectivity index (χ4v) is 4.50. The Kier molecular flexibility index (Phi) is 6.20. The van der Waals surface area contributed by atoms with Gasteiger partial charge in [0.25, 0.3) is 0 Å². The van der Waals surface area contributed by atoms with Crippen molar-refractivity contribution in [3.63, 3.8) is 0 Å². The fourth-order valence-electron chi connectivity index (χ4n) is 4.35. The Morgan fingerprint density at radius 2 is 2.00 bits per heavy atom. The Bertz CT molecular complexity index is 824. The maximum Gasteiger partial charge on any atom is 0.224 e. The highest BCUT2D eigenvalue weighted by atomic mass is 35.5. The van der Waals surface area contributed by atoms with Gasteiger partial charge in [-0.2, -0.15) is 5.10 Å². The summed E-state index contributed by atoms with van der Waals surface area (Å²) in [6.45, 7) is 4.34. The van der Waals surface area contributed by atoms with Crippen LogP contribution in [0.3, 0.4) is 0 Å². The fraction of sp³-hybridized carbons (Fsp3) is 0.524. The second-order valence-electron chi connectivity index (χ2n) is 7.72. The lowest BCUT2D eigenvalue weighted by Gasteiger charge is -2.50. The van der Waals surface area contributed by atoms with Crippen molar-refractivity contribution in [2.75, 3.05) is 39.4 Å². The number of likely N-dealkylation sites (tertiary alicyclic amines) is 1. The summed E-state index contributed by atoms with van der Waals surface area (Å²) < 4.78 is 7.19. The van der Waals surface area contributed by atoms with Crippen LogP contribution >= 0.6 is 11.6 Å². The van der Waals surface area contributed by atoms with E-state index < -0.39 is 5.60 Å². The van der Waals surface area contributed by atoms with Gasteiger partial charge in [0.2, 0.25) is 5.91 Å². The van der Waals surface area contributed by atoms with Gasteiger partial charge in [0, 0.05) is 45.3 Å². The summed E-state index contributed by atoms with van der Waals surface area (Å²) >= 11 is 5.90. The maximum atomic E-state index is 12.9. The number of ether oxygens (including phenoxy) is 1. The molecule has 2 aliphatic heterocycles. The average Bonchev–Trinajstić information content (AvgIpc) is 3.19. The molecule has 7 nitrogen and oxygen atoms in total. The number of benzene rings is 1. The molecular formula is C21H27ClN4O3. The van der Waals surface area contributed by atoms with Crippen molar-refractivity contribution in [1.82, 2.24) is 19.6 Å². The Morgan fingerprint density at radius 3 is 2.69 bits per heavy atom. The van der Waals surface area contributed by atoms with E-state index in [4.69, 9.17) is 16.3 Å². The van der Waals surface area contributed by atoms with E-state index >= 15 is 0 Å². The molecule has 2 atom stereocenters. The summed E-state index contributed by atoms with van der Waals surface area (Å²) in [5.74, 6) is 0.0741. The van der Waals surface area contributed by atoms with E-state index in [9.17, 15) is 9.90 Å². The number of hydrogen-bond acceptors (Lipinski definition) is 5. The first-order chi connectivity index (χ1) is 14.1. The first kappa shape index (κ1) is 20.3. The molecule has 3 heterocycles. The number of amides is 1. The van der Waals surface area contributed by atoms with Gasteiger partial charge in [0.1, 0.15) is 5.60 Å². The summed E-state index contributed by atoms with van der Waals surface area (Å²) in [7, 11) is 0. The molecule has 4 rings (SSSR count). The second-order valence-corrected chi connectivity index (χ2v) is 8.15. The van der Waals surface area contributed by atoms with E-state index in [2.05, 4.69) is 10.00 Å². The lowest BCUT2D eigenvalue weighted by atomic mass is 9.79. The highest BCUT2D eigenvalue weighted by Gasteiger charge is 2.46. The normalized spacial score (nSPS) is 25.9. The molecular weight excluding hydrogens is 392 g/mol. The van der Waals surface area contributed by atoms with E-state index in [0.29, 0.717) is 50.7 Å². The number of rotatable bonds is 5. The zero-order valence-electron chi connectivity index (χ0n) is 16.4. The number of morpholine rings is 1. The van der Waals surface area contributed by atoms with E-state index in [0.717, 1.165) is 18.7 Å². The van der Waals surface area contributed by atoms with Crippen molar-refractivity contribution in [1.29, 1.82) is 0 Å². The van der Waals surface area contributed by atoms with Gasteiger partial charge in [-0.25, -0.2) is 0 Å². The molecule has 1 N–H and O–H groups in total. The molecule has 1 aromatic carbocycles. The van der Waals surface area contributed by atoms with Crippen LogP contribution in [0, 0.1) is 0 Å². The van der Waals surface area contributed by atoms with Crippen LogP contribution in [0.4, 0.5) is 0 Å². The summed E-state index contributed by atoms with van der Waals surface area (Å²) in [6, 6.07) is 9.66. The Morgan fingerprint density at radius 1 is 1.24 bits per heavy atom. The molecule has 0 bridgehead atoms. The molecule has 0 saturated carbocycles. The molecule has 2 saturated heterocycles. The largest absolute Gasteiger partial charge is 0.383 e. The van der Waals surface area contributed by atoms with Gasteiger partial charge in [-0.15, -0.1) is 0 Å². The van der Waals surface area contributed by atoms with E-state index in [-0.39, 0.29) is 11.9 Å². The lowest BCUT2D eigenvalue weighted by Crippen LogP contribution is -2.63. The molecule has 2 aromatic rings. The number of piperidine rings is 1. The molecule has 0 radical (unpaired) electrons. The molecule has 0 unspecified atom stereocenters. The van der Waals surface area contributed by atoms with Gasteiger partial charge >= 0.3 is 0 Å². The van der Waals surface area contributed by atoms with Crippen LogP contribution in [0.2, 0.25) is 5.02 Å². The van der Waals surface area contributed by atoms with Crippen molar-refractivity contribution in [3.8, 4) is 0 Å². The molecule has 1 amide bonds. The zero-order valence-corrected chi connectivity index (χ0v) is 17.2. The van der Waals surface area contributed by atoms with Gasteiger partial charge < -0.3 is 14.7 Å². The Hall–Kier alpha value is -1.93. The Labute approximate surface area is 175 Å². The summed E-state index contributed by atoms with van der Waals surface area (Å²) in [4.78, 5) is 17.0. The van der Waals surface area contributed by atoms with Crippen LogP contribution in [0.15, 0.2) is 42.7 Å². The molecule has 156 valence electrons. The van der Waals surface area contributed by atoms with Gasteiger partial charge in [0.15, 0.2) is 0 Å². The van der Waals surface area contributed by atoms with Crippen molar-refractivity contribution >= 4 is 17.5 Å². The van der Waals surface area contributed by atoms with Crippen molar-refractivity contribution in [3.05, 3.63) is 53.3 Å². The highest BCUT2D eigenvalue weighted by molar-refractivity contribution is 6.30. The monoisotopic (exact) mass is 418 g/mol. The topological polar surface area (TPSA) is 70.8 Å². The van der Waals surface area contributed by atoms with E-state index in [1.807, 2.05) is 35.2 Å².